The number of aromatic hydroxyl groups is 1. The van der Waals surface area contributed by atoms with Crippen LogP contribution in [-0.2, 0) is 0 Å². The Morgan fingerprint density at radius 2 is 1.62 bits per heavy atom. The van der Waals surface area contributed by atoms with E-state index < -0.39 is 12.5 Å². The molecule has 0 unspecified atom stereocenters. The zero-order chi connectivity index (χ0) is 9.14. The first kappa shape index (κ1) is 12.1. The second-order valence-electron chi connectivity index (χ2n) is 2.45. The Morgan fingerprint density at radius 3 is 2.00 bits per heavy atom. The lowest BCUT2D eigenvalue weighted by Crippen LogP contribution is -2.18. The Bertz CT molecular complexity index is 253. The van der Waals surface area contributed by atoms with E-state index in [1.807, 2.05) is 0 Å². The Labute approximate surface area is 80.8 Å². The first-order chi connectivity index (χ1) is 5.61. The van der Waals surface area contributed by atoms with Crippen LogP contribution in [0.4, 0.5) is 8.78 Å². The molecule has 3 N–H and O–H groups in total. The van der Waals surface area contributed by atoms with Crippen molar-refractivity contribution in [2.24, 2.45) is 5.73 Å². The predicted molar refractivity (Wildman–Crippen MR) is 48.3 cm³/mol. The molecule has 0 aliphatic heterocycles. The molecule has 1 aromatic rings. The van der Waals surface area contributed by atoms with Gasteiger partial charge in [0.25, 0.3) is 6.43 Å². The van der Waals surface area contributed by atoms with Gasteiger partial charge in [-0.25, -0.2) is 8.78 Å². The van der Waals surface area contributed by atoms with Crippen LogP contribution in [0.2, 0.25) is 0 Å². The molecule has 13 heavy (non-hydrogen) atoms. The Balaban J connectivity index is 0.00000144. The number of halogens is 3. The fourth-order valence-electron chi connectivity index (χ4n) is 0.842. The maximum atomic E-state index is 12.0. The van der Waals surface area contributed by atoms with E-state index in [9.17, 15) is 8.78 Å². The third kappa shape index (κ3) is 3.16. The van der Waals surface area contributed by atoms with Gasteiger partial charge in [-0.05, 0) is 17.7 Å². The monoisotopic (exact) mass is 209 g/mol. The van der Waals surface area contributed by atoms with Crippen LogP contribution in [0.3, 0.4) is 0 Å². The highest BCUT2D eigenvalue weighted by Crippen LogP contribution is 2.19. The second-order valence-corrected chi connectivity index (χ2v) is 2.45. The van der Waals surface area contributed by atoms with E-state index in [-0.39, 0.29) is 18.2 Å². The summed E-state index contributed by atoms with van der Waals surface area (Å²) in [5.41, 5.74) is 5.48. The molecule has 0 aromatic heterocycles. The normalized spacial score (nSPS) is 12.3. The van der Waals surface area contributed by atoms with Gasteiger partial charge >= 0.3 is 0 Å². The molecular weight excluding hydrogens is 200 g/mol. The molecule has 0 saturated heterocycles. The molecule has 0 bridgehead atoms. The van der Waals surface area contributed by atoms with Crippen molar-refractivity contribution in [3.8, 4) is 5.75 Å². The van der Waals surface area contributed by atoms with Crippen molar-refractivity contribution in [2.75, 3.05) is 0 Å². The molecule has 0 aliphatic rings. The number of benzene rings is 1. The fourth-order valence-corrected chi connectivity index (χ4v) is 0.842. The van der Waals surface area contributed by atoms with Crippen LogP contribution in [0, 0.1) is 0 Å². The summed E-state index contributed by atoms with van der Waals surface area (Å²) in [5.74, 6) is 0.0419. The van der Waals surface area contributed by atoms with Gasteiger partial charge in [-0.3, -0.25) is 0 Å². The number of phenolic OH excluding ortho intramolecular Hbond substituents is 1. The van der Waals surface area contributed by atoms with Gasteiger partial charge in [-0.15, -0.1) is 12.4 Å². The van der Waals surface area contributed by atoms with Crippen LogP contribution in [0.15, 0.2) is 24.3 Å². The second kappa shape index (κ2) is 4.99. The van der Waals surface area contributed by atoms with E-state index in [2.05, 4.69) is 0 Å². The average molecular weight is 210 g/mol. The highest BCUT2D eigenvalue weighted by Gasteiger charge is 2.16. The van der Waals surface area contributed by atoms with Crippen molar-refractivity contribution in [3.05, 3.63) is 29.8 Å². The van der Waals surface area contributed by atoms with Crippen molar-refractivity contribution in [1.82, 2.24) is 0 Å². The maximum Gasteiger partial charge on any atom is 0.257 e. The fraction of sp³-hybridized carbons (Fsp3) is 0.250. The van der Waals surface area contributed by atoms with Crippen molar-refractivity contribution in [1.29, 1.82) is 0 Å². The smallest absolute Gasteiger partial charge is 0.257 e. The summed E-state index contributed by atoms with van der Waals surface area (Å²) in [7, 11) is 0. The van der Waals surface area contributed by atoms with Crippen LogP contribution in [0.1, 0.15) is 11.6 Å². The van der Waals surface area contributed by atoms with E-state index in [0.29, 0.717) is 5.56 Å². The average Bonchev–Trinajstić information content (AvgIpc) is 2.04. The Morgan fingerprint density at radius 1 is 1.15 bits per heavy atom. The molecule has 1 aromatic carbocycles. The zero-order valence-corrected chi connectivity index (χ0v) is 7.47. The molecule has 2 nitrogen and oxygen atoms in total. The molecule has 0 fully saturated rings. The first-order valence-corrected chi connectivity index (χ1v) is 3.44. The molecule has 0 radical (unpaired) electrons. The minimum Gasteiger partial charge on any atom is -0.508 e. The minimum atomic E-state index is -2.57. The van der Waals surface area contributed by atoms with Gasteiger partial charge in [0.15, 0.2) is 0 Å². The number of phenols is 1. The van der Waals surface area contributed by atoms with Gasteiger partial charge in [0, 0.05) is 0 Å². The third-order valence-electron chi connectivity index (χ3n) is 1.55. The van der Waals surface area contributed by atoms with E-state index in [1.165, 1.54) is 24.3 Å². The standard InChI is InChI=1S/C8H9F2NO.ClH/c9-8(10)7(11)5-1-3-6(12)4-2-5;/h1-4,7-8,12H,11H2;1H/t7-;/m0./s1. The number of hydrogen-bond acceptors (Lipinski definition) is 2. The lowest BCUT2D eigenvalue weighted by Gasteiger charge is -2.09. The molecular formula is C8H10ClF2NO. The quantitative estimate of drug-likeness (QED) is 0.784. The van der Waals surface area contributed by atoms with Gasteiger partial charge in [-0.2, -0.15) is 0 Å². The highest BCUT2D eigenvalue weighted by molar-refractivity contribution is 5.85. The number of hydrogen-bond donors (Lipinski definition) is 2. The van der Waals surface area contributed by atoms with Gasteiger partial charge < -0.3 is 10.8 Å². The molecule has 1 rings (SSSR count). The van der Waals surface area contributed by atoms with Gasteiger partial charge in [0.05, 0.1) is 6.04 Å². The van der Waals surface area contributed by atoms with E-state index in [1.54, 1.807) is 0 Å². The minimum absolute atomic E-state index is 0. The first-order valence-electron chi connectivity index (χ1n) is 3.44. The summed E-state index contributed by atoms with van der Waals surface area (Å²) in [6.07, 6.45) is -2.57. The van der Waals surface area contributed by atoms with E-state index >= 15 is 0 Å². The van der Waals surface area contributed by atoms with Gasteiger partial charge in [0.1, 0.15) is 5.75 Å². The van der Waals surface area contributed by atoms with Gasteiger partial charge in [-0.1, -0.05) is 12.1 Å². The predicted octanol–water partition coefficient (Wildman–Crippen LogP) is 2.08. The highest BCUT2D eigenvalue weighted by atomic mass is 35.5. The number of nitrogens with two attached hydrogens (primary N) is 1. The molecule has 0 saturated carbocycles. The van der Waals surface area contributed by atoms with Crippen LogP contribution >= 0.6 is 12.4 Å². The summed E-state index contributed by atoms with van der Waals surface area (Å²) in [6.45, 7) is 0. The SMILES string of the molecule is Cl.N[C@@H](c1ccc(O)cc1)C(F)F. The Kier molecular flexibility index (Phi) is 4.66. The maximum absolute atomic E-state index is 12.0. The zero-order valence-electron chi connectivity index (χ0n) is 6.65. The molecule has 0 spiro atoms. The van der Waals surface area contributed by atoms with Crippen molar-refractivity contribution in [2.45, 2.75) is 12.5 Å². The summed E-state index contributed by atoms with van der Waals surface area (Å²) in [4.78, 5) is 0. The van der Waals surface area contributed by atoms with Crippen LogP contribution < -0.4 is 5.73 Å². The van der Waals surface area contributed by atoms with Crippen molar-refractivity contribution >= 4 is 12.4 Å². The summed E-state index contributed by atoms with van der Waals surface area (Å²) >= 11 is 0. The number of alkyl halides is 2. The van der Waals surface area contributed by atoms with Crippen LogP contribution in [-0.4, -0.2) is 11.5 Å². The third-order valence-corrected chi connectivity index (χ3v) is 1.55. The van der Waals surface area contributed by atoms with E-state index in [4.69, 9.17) is 10.8 Å². The van der Waals surface area contributed by atoms with Gasteiger partial charge in [0.2, 0.25) is 0 Å². The summed E-state index contributed by atoms with van der Waals surface area (Å²) in [6, 6.07) is 4.15. The lowest BCUT2D eigenvalue weighted by molar-refractivity contribution is 0.116. The van der Waals surface area contributed by atoms with Crippen LogP contribution in [0.5, 0.6) is 5.75 Å². The molecule has 1 atom stereocenters. The molecule has 5 heteroatoms. The number of rotatable bonds is 2. The topological polar surface area (TPSA) is 46.2 Å². The van der Waals surface area contributed by atoms with Crippen molar-refractivity contribution in [3.63, 3.8) is 0 Å². The molecule has 0 amide bonds. The lowest BCUT2D eigenvalue weighted by atomic mass is 10.1. The van der Waals surface area contributed by atoms with Crippen LogP contribution in [0.25, 0.3) is 0 Å². The largest absolute Gasteiger partial charge is 0.508 e. The summed E-state index contributed by atoms with van der Waals surface area (Å²) < 4.78 is 24.1. The van der Waals surface area contributed by atoms with Crippen molar-refractivity contribution < 1.29 is 13.9 Å². The van der Waals surface area contributed by atoms with E-state index in [0.717, 1.165) is 0 Å². The molecule has 0 heterocycles. The molecule has 74 valence electrons. The molecule has 0 aliphatic carbocycles. The summed E-state index contributed by atoms with van der Waals surface area (Å²) in [5, 5.41) is 8.85. The Hall–Kier alpha value is -0.870.